The third-order valence-electron chi connectivity index (χ3n) is 2.19. The van der Waals surface area contributed by atoms with Crippen LogP contribution in [0.3, 0.4) is 0 Å². The van der Waals surface area contributed by atoms with Gasteiger partial charge in [0.05, 0.1) is 12.1 Å². The highest BCUT2D eigenvalue weighted by Crippen LogP contribution is 2.06. The van der Waals surface area contributed by atoms with Gasteiger partial charge >= 0.3 is 0 Å². The maximum absolute atomic E-state index is 9.14. The maximum atomic E-state index is 9.14. The Morgan fingerprint density at radius 1 is 1.57 bits per heavy atom. The van der Waals surface area contributed by atoms with E-state index in [9.17, 15) is 0 Å². The monoisotopic (exact) mass is 201 g/mol. The average Bonchev–Trinajstić information content (AvgIpc) is 2.14. The first kappa shape index (κ1) is 13.2. The molecule has 0 amide bonds. The van der Waals surface area contributed by atoms with E-state index in [1.165, 1.54) is 0 Å². The first-order chi connectivity index (χ1) is 6.43. The molecular formula is C10H23N3O. The second-order valence-corrected chi connectivity index (χ2v) is 4.32. The number of aliphatic hydroxyl groups is 1. The highest BCUT2D eigenvalue weighted by molar-refractivity contribution is 5.78. The van der Waals surface area contributed by atoms with Crippen LogP contribution < -0.4 is 11.1 Å². The first-order valence-corrected chi connectivity index (χ1v) is 5.12. The quantitative estimate of drug-likeness (QED) is 0.453. The molecule has 0 bridgehead atoms. The topological polar surface area (TPSA) is 70.6 Å². The number of hydrogen-bond acceptors (Lipinski definition) is 2. The molecule has 4 heteroatoms. The van der Waals surface area contributed by atoms with E-state index in [0.29, 0.717) is 18.4 Å². The Hall–Kier alpha value is -0.770. The number of aliphatic imine (C=N–C) groups is 1. The third-order valence-corrected chi connectivity index (χ3v) is 2.19. The number of aliphatic hydroxyl groups excluding tert-OH is 1. The van der Waals surface area contributed by atoms with E-state index in [0.717, 1.165) is 6.42 Å². The van der Waals surface area contributed by atoms with Gasteiger partial charge in [0.1, 0.15) is 0 Å². The van der Waals surface area contributed by atoms with Crippen molar-refractivity contribution in [2.24, 2.45) is 16.6 Å². The number of nitrogens with zero attached hydrogens (tertiary/aromatic N) is 1. The summed E-state index contributed by atoms with van der Waals surface area (Å²) < 4.78 is 0. The van der Waals surface area contributed by atoms with Gasteiger partial charge in [-0.05, 0) is 19.3 Å². The Morgan fingerprint density at radius 3 is 2.50 bits per heavy atom. The number of rotatable bonds is 5. The number of nitrogens with one attached hydrogen (secondary N) is 1. The molecule has 0 aliphatic heterocycles. The zero-order chi connectivity index (χ0) is 11.2. The molecule has 0 aromatic rings. The van der Waals surface area contributed by atoms with E-state index in [1.54, 1.807) is 0 Å². The van der Waals surface area contributed by atoms with Crippen LogP contribution in [0.15, 0.2) is 4.99 Å². The zero-order valence-corrected chi connectivity index (χ0v) is 9.67. The predicted molar refractivity (Wildman–Crippen MR) is 60.2 cm³/mol. The lowest BCUT2D eigenvalue weighted by Crippen LogP contribution is -2.51. The van der Waals surface area contributed by atoms with Crippen LogP contribution in [0.25, 0.3) is 0 Å². The van der Waals surface area contributed by atoms with Crippen molar-refractivity contribution in [3.05, 3.63) is 0 Å². The Kier molecular flexibility index (Phi) is 5.53. The van der Waals surface area contributed by atoms with Crippen LogP contribution in [0.4, 0.5) is 0 Å². The summed E-state index contributed by atoms with van der Waals surface area (Å²) in [6, 6.07) is 0. The van der Waals surface area contributed by atoms with E-state index in [2.05, 4.69) is 24.2 Å². The van der Waals surface area contributed by atoms with Crippen molar-refractivity contribution in [2.75, 3.05) is 13.2 Å². The Bertz CT molecular complexity index is 186. The molecule has 0 saturated heterocycles. The van der Waals surface area contributed by atoms with Gasteiger partial charge in [-0.2, -0.15) is 0 Å². The summed E-state index contributed by atoms with van der Waals surface area (Å²) >= 11 is 0. The van der Waals surface area contributed by atoms with Crippen LogP contribution in [-0.2, 0) is 0 Å². The molecular weight excluding hydrogens is 178 g/mol. The number of hydrogen-bond donors (Lipinski definition) is 3. The molecule has 0 radical (unpaired) electrons. The molecule has 0 aromatic carbocycles. The fourth-order valence-corrected chi connectivity index (χ4v) is 0.869. The van der Waals surface area contributed by atoms with E-state index in [4.69, 9.17) is 10.8 Å². The lowest BCUT2D eigenvalue weighted by atomic mass is 10.0. The Balaban J connectivity index is 4.15. The van der Waals surface area contributed by atoms with Gasteiger partial charge < -0.3 is 16.2 Å². The summed E-state index contributed by atoms with van der Waals surface area (Å²) in [5.74, 6) is 0.912. The van der Waals surface area contributed by atoms with E-state index < -0.39 is 0 Å². The maximum Gasteiger partial charge on any atom is 0.189 e. The second kappa shape index (κ2) is 5.86. The molecule has 1 unspecified atom stereocenters. The highest BCUT2D eigenvalue weighted by atomic mass is 16.3. The molecule has 0 rings (SSSR count). The SMILES string of the molecule is CCC(C)(CO)NC(N)=NCC(C)C. The van der Waals surface area contributed by atoms with Gasteiger partial charge in [0.25, 0.3) is 0 Å². The highest BCUT2D eigenvalue weighted by Gasteiger charge is 2.20. The standard InChI is InChI=1S/C10H23N3O/c1-5-10(4,7-14)13-9(11)12-6-8(2)3/h8,14H,5-7H2,1-4H3,(H3,11,12,13). The molecule has 4 N–H and O–H groups in total. The molecule has 84 valence electrons. The Morgan fingerprint density at radius 2 is 2.14 bits per heavy atom. The predicted octanol–water partition coefficient (Wildman–Crippen LogP) is 0.708. The fraction of sp³-hybridized carbons (Fsp3) is 0.900. The van der Waals surface area contributed by atoms with Crippen LogP contribution in [0.2, 0.25) is 0 Å². The number of guanidine groups is 1. The second-order valence-electron chi connectivity index (χ2n) is 4.32. The van der Waals surface area contributed by atoms with E-state index in [-0.39, 0.29) is 12.1 Å². The summed E-state index contributed by atoms with van der Waals surface area (Å²) in [5, 5.41) is 12.2. The fourth-order valence-electron chi connectivity index (χ4n) is 0.869. The van der Waals surface area contributed by atoms with Crippen molar-refractivity contribution in [1.29, 1.82) is 0 Å². The van der Waals surface area contributed by atoms with E-state index in [1.807, 2.05) is 13.8 Å². The van der Waals surface area contributed by atoms with Gasteiger partial charge in [-0.3, -0.25) is 4.99 Å². The summed E-state index contributed by atoms with van der Waals surface area (Å²) in [7, 11) is 0. The minimum Gasteiger partial charge on any atom is -0.394 e. The Labute approximate surface area is 86.6 Å². The van der Waals surface area contributed by atoms with Gasteiger partial charge in [-0.15, -0.1) is 0 Å². The average molecular weight is 201 g/mol. The van der Waals surface area contributed by atoms with Crippen molar-refractivity contribution in [1.82, 2.24) is 5.32 Å². The molecule has 14 heavy (non-hydrogen) atoms. The number of nitrogens with two attached hydrogens (primary N) is 1. The van der Waals surface area contributed by atoms with E-state index >= 15 is 0 Å². The molecule has 0 fully saturated rings. The summed E-state index contributed by atoms with van der Waals surface area (Å²) in [5.41, 5.74) is 5.33. The van der Waals surface area contributed by atoms with Crippen LogP contribution in [0.5, 0.6) is 0 Å². The normalized spacial score (nSPS) is 16.9. The van der Waals surface area contributed by atoms with Crippen molar-refractivity contribution in [2.45, 2.75) is 39.7 Å². The molecule has 4 nitrogen and oxygen atoms in total. The largest absolute Gasteiger partial charge is 0.394 e. The molecule has 0 spiro atoms. The van der Waals surface area contributed by atoms with Crippen LogP contribution in [0.1, 0.15) is 34.1 Å². The summed E-state index contributed by atoms with van der Waals surface area (Å²) in [4.78, 5) is 4.18. The van der Waals surface area contributed by atoms with Gasteiger partial charge in [0, 0.05) is 6.54 Å². The van der Waals surface area contributed by atoms with Crippen molar-refractivity contribution >= 4 is 5.96 Å². The molecule has 0 aliphatic rings. The van der Waals surface area contributed by atoms with Crippen molar-refractivity contribution < 1.29 is 5.11 Å². The zero-order valence-electron chi connectivity index (χ0n) is 9.67. The lowest BCUT2D eigenvalue weighted by molar-refractivity contribution is 0.188. The molecule has 0 aliphatic carbocycles. The van der Waals surface area contributed by atoms with Gasteiger partial charge in [0.2, 0.25) is 0 Å². The lowest BCUT2D eigenvalue weighted by Gasteiger charge is -2.27. The first-order valence-electron chi connectivity index (χ1n) is 5.12. The van der Waals surface area contributed by atoms with Crippen molar-refractivity contribution in [3.8, 4) is 0 Å². The van der Waals surface area contributed by atoms with Gasteiger partial charge in [0.15, 0.2) is 5.96 Å². The summed E-state index contributed by atoms with van der Waals surface area (Å²) in [6.07, 6.45) is 0.807. The summed E-state index contributed by atoms with van der Waals surface area (Å²) in [6.45, 7) is 8.86. The molecule has 1 atom stereocenters. The van der Waals surface area contributed by atoms with Crippen molar-refractivity contribution in [3.63, 3.8) is 0 Å². The molecule has 0 aromatic heterocycles. The smallest absolute Gasteiger partial charge is 0.189 e. The third kappa shape index (κ3) is 5.07. The minimum absolute atomic E-state index is 0.0569. The molecule has 0 saturated carbocycles. The van der Waals surface area contributed by atoms with Crippen LogP contribution in [-0.4, -0.2) is 29.8 Å². The van der Waals surface area contributed by atoms with Gasteiger partial charge in [-0.25, -0.2) is 0 Å². The van der Waals surface area contributed by atoms with Crippen LogP contribution in [0, 0.1) is 5.92 Å². The molecule has 0 heterocycles. The minimum atomic E-state index is -0.357. The van der Waals surface area contributed by atoms with Crippen LogP contribution >= 0.6 is 0 Å². The van der Waals surface area contributed by atoms with Gasteiger partial charge in [-0.1, -0.05) is 20.8 Å².